The summed E-state index contributed by atoms with van der Waals surface area (Å²) in [6, 6.07) is 17.4. The Morgan fingerprint density at radius 2 is 1.81 bits per heavy atom. The van der Waals surface area contributed by atoms with Crippen LogP contribution in [0, 0.1) is 6.92 Å². The molecule has 3 fully saturated rings. The Morgan fingerprint density at radius 3 is 2.56 bits per heavy atom. The first-order chi connectivity index (χ1) is 15.8. The van der Waals surface area contributed by atoms with Crippen molar-refractivity contribution in [3.63, 3.8) is 0 Å². The van der Waals surface area contributed by atoms with E-state index in [-0.39, 0.29) is 6.23 Å². The molecule has 3 unspecified atom stereocenters. The van der Waals surface area contributed by atoms with Crippen LogP contribution >= 0.6 is 0 Å². The van der Waals surface area contributed by atoms with Crippen molar-refractivity contribution in [2.45, 2.75) is 82.8 Å². The minimum absolute atomic E-state index is 0.0871. The van der Waals surface area contributed by atoms with Crippen molar-refractivity contribution in [1.82, 2.24) is 14.7 Å². The van der Waals surface area contributed by atoms with E-state index in [9.17, 15) is 0 Å². The van der Waals surface area contributed by atoms with Gasteiger partial charge in [-0.05, 0) is 75.1 Å². The van der Waals surface area contributed by atoms with E-state index in [1.807, 2.05) is 6.20 Å². The highest BCUT2D eigenvalue weighted by Gasteiger charge is 2.40. The van der Waals surface area contributed by atoms with Crippen molar-refractivity contribution < 1.29 is 4.74 Å². The van der Waals surface area contributed by atoms with Gasteiger partial charge in [0.1, 0.15) is 0 Å². The molecule has 3 aliphatic heterocycles. The average Bonchev–Trinajstić information content (AvgIpc) is 3.35. The topological polar surface area (TPSA) is 42.3 Å². The van der Waals surface area contributed by atoms with Gasteiger partial charge in [-0.15, -0.1) is 0 Å². The standard InChI is InChI=1S/C27H34N4O/c1-19-24-17-28-31(27-9-5-6-14-32-27)26(24)13-12-25(19)29-21-15-22-10-11-23(16-21)30(22)18-20-7-3-2-4-8-20/h2-4,7-8,12-13,17,21-23,27,29H,5-6,9-11,14-16,18H2,1H3. The fourth-order valence-electron chi connectivity index (χ4n) is 6.23. The molecule has 4 heterocycles. The summed E-state index contributed by atoms with van der Waals surface area (Å²) in [7, 11) is 0. The van der Waals surface area contributed by atoms with Gasteiger partial charge in [0.2, 0.25) is 0 Å². The number of benzene rings is 2. The maximum Gasteiger partial charge on any atom is 0.150 e. The van der Waals surface area contributed by atoms with E-state index in [2.05, 4.69) is 64.3 Å². The molecule has 3 atom stereocenters. The van der Waals surface area contributed by atoms with E-state index in [1.54, 1.807) is 0 Å². The van der Waals surface area contributed by atoms with E-state index >= 15 is 0 Å². The molecule has 0 radical (unpaired) electrons. The lowest BCUT2D eigenvalue weighted by Gasteiger charge is -2.39. The fraction of sp³-hybridized carbons (Fsp3) is 0.519. The minimum atomic E-state index is 0.0871. The van der Waals surface area contributed by atoms with Crippen LogP contribution in [0.4, 0.5) is 5.69 Å². The van der Waals surface area contributed by atoms with Gasteiger partial charge in [0.15, 0.2) is 6.23 Å². The van der Waals surface area contributed by atoms with Gasteiger partial charge in [-0.2, -0.15) is 5.10 Å². The van der Waals surface area contributed by atoms with Gasteiger partial charge in [-0.3, -0.25) is 4.90 Å². The largest absolute Gasteiger partial charge is 0.382 e. The van der Waals surface area contributed by atoms with Crippen LogP contribution < -0.4 is 5.32 Å². The molecule has 32 heavy (non-hydrogen) atoms. The van der Waals surface area contributed by atoms with Crippen LogP contribution in [0.3, 0.4) is 0 Å². The predicted molar refractivity (Wildman–Crippen MR) is 129 cm³/mol. The summed E-state index contributed by atoms with van der Waals surface area (Å²) in [6.07, 6.45) is 10.7. The highest BCUT2D eigenvalue weighted by Crippen LogP contribution is 2.39. The molecule has 3 aliphatic rings. The summed E-state index contributed by atoms with van der Waals surface area (Å²) < 4.78 is 8.08. The highest BCUT2D eigenvalue weighted by atomic mass is 16.5. The minimum Gasteiger partial charge on any atom is -0.382 e. The first-order valence-electron chi connectivity index (χ1n) is 12.4. The molecule has 2 bridgehead atoms. The summed E-state index contributed by atoms with van der Waals surface area (Å²) in [5, 5.41) is 9.87. The van der Waals surface area contributed by atoms with E-state index in [1.165, 1.54) is 59.8 Å². The second kappa shape index (κ2) is 8.53. The van der Waals surface area contributed by atoms with Crippen molar-refractivity contribution in [2.75, 3.05) is 11.9 Å². The number of anilines is 1. The second-order valence-corrected chi connectivity index (χ2v) is 9.94. The molecule has 3 saturated heterocycles. The maximum atomic E-state index is 5.99. The maximum absolute atomic E-state index is 5.99. The molecular formula is C27H34N4O. The Bertz CT molecular complexity index is 1060. The Kier molecular flexibility index (Phi) is 5.40. The van der Waals surface area contributed by atoms with E-state index in [0.29, 0.717) is 18.1 Å². The lowest BCUT2D eigenvalue weighted by Crippen LogP contribution is -2.46. The van der Waals surface area contributed by atoms with Crippen LogP contribution in [-0.2, 0) is 11.3 Å². The van der Waals surface area contributed by atoms with Gasteiger partial charge in [0.25, 0.3) is 0 Å². The molecule has 6 rings (SSSR count). The summed E-state index contributed by atoms with van der Waals surface area (Å²) in [6.45, 7) is 4.17. The lowest BCUT2D eigenvalue weighted by atomic mass is 9.95. The summed E-state index contributed by atoms with van der Waals surface area (Å²) in [5.41, 5.74) is 5.21. The SMILES string of the molecule is Cc1c(NC2CC3CCC(C2)N3Cc2ccccc2)ccc2c1cnn2C1CCCCO1. The van der Waals surface area contributed by atoms with Gasteiger partial charge < -0.3 is 10.1 Å². The molecule has 5 nitrogen and oxygen atoms in total. The van der Waals surface area contributed by atoms with Crippen LogP contribution in [0.25, 0.3) is 10.9 Å². The number of fused-ring (bicyclic) bond motifs is 3. The third-order valence-corrected chi connectivity index (χ3v) is 7.93. The van der Waals surface area contributed by atoms with Crippen molar-refractivity contribution in [3.05, 3.63) is 59.8 Å². The van der Waals surface area contributed by atoms with Crippen LogP contribution in [0.2, 0.25) is 0 Å². The molecular weight excluding hydrogens is 396 g/mol. The number of piperidine rings is 1. The monoisotopic (exact) mass is 430 g/mol. The summed E-state index contributed by atoms with van der Waals surface area (Å²) in [5.74, 6) is 0. The van der Waals surface area contributed by atoms with E-state index in [4.69, 9.17) is 9.84 Å². The molecule has 0 spiro atoms. The molecule has 0 aliphatic carbocycles. The van der Waals surface area contributed by atoms with Gasteiger partial charge >= 0.3 is 0 Å². The zero-order valence-corrected chi connectivity index (χ0v) is 19.0. The van der Waals surface area contributed by atoms with Crippen LogP contribution in [0.15, 0.2) is 48.7 Å². The third-order valence-electron chi connectivity index (χ3n) is 7.93. The van der Waals surface area contributed by atoms with Crippen molar-refractivity contribution >= 4 is 16.6 Å². The number of aryl methyl sites for hydroxylation is 1. The first kappa shape index (κ1) is 20.3. The van der Waals surface area contributed by atoms with E-state index < -0.39 is 0 Å². The fourth-order valence-corrected chi connectivity index (χ4v) is 6.23. The molecule has 1 aromatic heterocycles. The second-order valence-electron chi connectivity index (χ2n) is 9.94. The smallest absolute Gasteiger partial charge is 0.150 e. The summed E-state index contributed by atoms with van der Waals surface area (Å²) in [4.78, 5) is 2.76. The van der Waals surface area contributed by atoms with Gasteiger partial charge in [-0.1, -0.05) is 30.3 Å². The Labute approximate surface area is 190 Å². The first-order valence-corrected chi connectivity index (χ1v) is 12.4. The van der Waals surface area contributed by atoms with Crippen LogP contribution in [-0.4, -0.2) is 39.4 Å². The third kappa shape index (κ3) is 3.71. The number of hydrogen-bond donors (Lipinski definition) is 1. The molecule has 0 saturated carbocycles. The van der Waals surface area contributed by atoms with Crippen molar-refractivity contribution in [1.29, 1.82) is 0 Å². The lowest BCUT2D eigenvalue weighted by molar-refractivity contribution is -0.0366. The Hall–Kier alpha value is -2.37. The molecule has 0 amide bonds. The Morgan fingerprint density at radius 1 is 1.00 bits per heavy atom. The number of aromatic nitrogens is 2. The van der Waals surface area contributed by atoms with Gasteiger partial charge in [-0.25, -0.2) is 4.68 Å². The molecule has 168 valence electrons. The molecule has 2 aromatic carbocycles. The number of hydrogen-bond acceptors (Lipinski definition) is 4. The zero-order chi connectivity index (χ0) is 21.5. The highest BCUT2D eigenvalue weighted by molar-refractivity contribution is 5.87. The molecule has 3 aromatic rings. The predicted octanol–water partition coefficient (Wildman–Crippen LogP) is 5.65. The van der Waals surface area contributed by atoms with E-state index in [0.717, 1.165) is 26.0 Å². The van der Waals surface area contributed by atoms with Crippen molar-refractivity contribution in [2.24, 2.45) is 0 Å². The summed E-state index contributed by atoms with van der Waals surface area (Å²) >= 11 is 0. The Balaban J connectivity index is 1.17. The number of nitrogens with one attached hydrogen (secondary N) is 1. The van der Waals surface area contributed by atoms with Gasteiger partial charge in [0.05, 0.1) is 11.7 Å². The quantitative estimate of drug-likeness (QED) is 0.568. The van der Waals surface area contributed by atoms with Crippen LogP contribution in [0.1, 0.15) is 62.3 Å². The number of nitrogens with zero attached hydrogens (tertiary/aromatic N) is 3. The number of rotatable bonds is 5. The zero-order valence-electron chi connectivity index (χ0n) is 19.0. The average molecular weight is 431 g/mol. The van der Waals surface area contributed by atoms with Crippen molar-refractivity contribution in [3.8, 4) is 0 Å². The van der Waals surface area contributed by atoms with Crippen LogP contribution in [0.5, 0.6) is 0 Å². The molecule has 5 heteroatoms. The molecule has 1 N–H and O–H groups in total. The van der Waals surface area contributed by atoms with Gasteiger partial charge in [0, 0.05) is 42.4 Å². The normalized spacial score (nSPS) is 28.3. The number of ether oxygens (including phenoxy) is 1.